The van der Waals surface area contributed by atoms with E-state index in [2.05, 4.69) is 5.32 Å². The van der Waals surface area contributed by atoms with Gasteiger partial charge in [-0.2, -0.15) is 0 Å². The van der Waals surface area contributed by atoms with Crippen LogP contribution in [0.25, 0.3) is 0 Å². The van der Waals surface area contributed by atoms with E-state index >= 15 is 0 Å². The summed E-state index contributed by atoms with van der Waals surface area (Å²) in [6.45, 7) is 4.55. The van der Waals surface area contributed by atoms with Crippen LogP contribution in [0.15, 0.2) is 41.0 Å². The molecule has 1 saturated heterocycles. The van der Waals surface area contributed by atoms with Crippen LogP contribution >= 0.6 is 0 Å². The van der Waals surface area contributed by atoms with Gasteiger partial charge in [-0.1, -0.05) is 6.07 Å². The van der Waals surface area contributed by atoms with Crippen molar-refractivity contribution in [3.63, 3.8) is 0 Å². The van der Waals surface area contributed by atoms with Crippen molar-refractivity contribution < 1.29 is 17.6 Å². The number of anilines is 1. The maximum atomic E-state index is 12.5. The number of furan rings is 1. The van der Waals surface area contributed by atoms with Crippen molar-refractivity contribution in [3.05, 3.63) is 53.5 Å². The molecule has 1 atom stereocenters. The van der Waals surface area contributed by atoms with Crippen LogP contribution in [0.3, 0.4) is 0 Å². The van der Waals surface area contributed by atoms with E-state index in [4.69, 9.17) is 4.42 Å². The van der Waals surface area contributed by atoms with Gasteiger partial charge in [0.05, 0.1) is 30.9 Å². The van der Waals surface area contributed by atoms with Gasteiger partial charge in [0, 0.05) is 11.7 Å². The second kappa shape index (κ2) is 7.63. The number of carbonyl (C=O) groups excluding carboxylic acids is 1. The molecule has 1 aromatic carbocycles. The summed E-state index contributed by atoms with van der Waals surface area (Å²) in [5.41, 5.74) is 3.02. The van der Waals surface area contributed by atoms with E-state index in [-0.39, 0.29) is 30.0 Å². The van der Waals surface area contributed by atoms with Gasteiger partial charge in [0.25, 0.3) is 0 Å². The van der Waals surface area contributed by atoms with Crippen molar-refractivity contribution in [2.75, 3.05) is 23.4 Å². The first-order chi connectivity index (χ1) is 12.3. The van der Waals surface area contributed by atoms with Crippen LogP contribution in [-0.4, -0.2) is 43.3 Å². The largest absolute Gasteiger partial charge is 0.468 e. The summed E-state index contributed by atoms with van der Waals surface area (Å²) in [6, 6.07) is 9.22. The van der Waals surface area contributed by atoms with Crippen LogP contribution in [0.2, 0.25) is 0 Å². The van der Waals surface area contributed by atoms with Gasteiger partial charge in [0.1, 0.15) is 5.76 Å². The first-order valence-corrected chi connectivity index (χ1v) is 10.5. The molecule has 0 radical (unpaired) electrons. The Balaban J connectivity index is 1.69. The molecule has 0 saturated carbocycles. The smallest absolute Gasteiger partial charge is 0.238 e. The van der Waals surface area contributed by atoms with Gasteiger partial charge >= 0.3 is 0 Å². The van der Waals surface area contributed by atoms with Crippen LogP contribution in [-0.2, 0) is 21.2 Å². The molecule has 3 rings (SSSR count). The highest BCUT2D eigenvalue weighted by Crippen LogP contribution is 2.21. The minimum atomic E-state index is -3.03. The molecule has 1 amide bonds. The molecule has 6 nitrogen and oxygen atoms in total. The van der Waals surface area contributed by atoms with Gasteiger partial charge in [0.15, 0.2) is 9.84 Å². The Morgan fingerprint density at radius 2 is 2.08 bits per heavy atom. The maximum absolute atomic E-state index is 12.5. The number of rotatable bonds is 6. The Kier molecular flexibility index (Phi) is 5.48. The minimum Gasteiger partial charge on any atom is -0.468 e. The van der Waals surface area contributed by atoms with Crippen molar-refractivity contribution in [2.45, 2.75) is 32.9 Å². The molecule has 140 valence electrons. The molecule has 0 spiro atoms. The average Bonchev–Trinajstić information content (AvgIpc) is 3.19. The Labute approximate surface area is 154 Å². The zero-order chi connectivity index (χ0) is 18.7. The number of nitrogens with one attached hydrogen (secondary N) is 1. The Hall–Kier alpha value is -2.12. The zero-order valence-electron chi connectivity index (χ0n) is 15.1. The van der Waals surface area contributed by atoms with E-state index in [0.717, 1.165) is 11.3 Å². The number of hydrogen-bond acceptors (Lipinski definition) is 5. The van der Waals surface area contributed by atoms with Gasteiger partial charge < -0.3 is 9.73 Å². The van der Waals surface area contributed by atoms with Crippen molar-refractivity contribution in [1.82, 2.24) is 4.90 Å². The summed E-state index contributed by atoms with van der Waals surface area (Å²) in [5, 5.41) is 2.90. The first-order valence-electron chi connectivity index (χ1n) is 8.66. The third kappa shape index (κ3) is 4.74. The van der Waals surface area contributed by atoms with Gasteiger partial charge in [-0.25, -0.2) is 8.42 Å². The molecule has 0 unspecified atom stereocenters. The molecule has 2 aromatic rings. The number of hydrogen-bond donors (Lipinski definition) is 1. The molecule has 0 aliphatic carbocycles. The van der Waals surface area contributed by atoms with Crippen molar-refractivity contribution >= 4 is 21.4 Å². The quantitative estimate of drug-likeness (QED) is 0.838. The number of nitrogens with zero attached hydrogens (tertiary/aromatic N) is 1. The second-order valence-electron chi connectivity index (χ2n) is 6.89. The summed E-state index contributed by atoms with van der Waals surface area (Å²) in [6.07, 6.45) is 2.12. The van der Waals surface area contributed by atoms with Crippen molar-refractivity contribution in [1.29, 1.82) is 0 Å². The van der Waals surface area contributed by atoms with Gasteiger partial charge in [-0.3, -0.25) is 9.69 Å². The van der Waals surface area contributed by atoms with E-state index < -0.39 is 9.84 Å². The number of carbonyl (C=O) groups is 1. The van der Waals surface area contributed by atoms with E-state index in [0.29, 0.717) is 18.7 Å². The Morgan fingerprint density at radius 1 is 1.27 bits per heavy atom. The highest BCUT2D eigenvalue weighted by molar-refractivity contribution is 7.91. The Morgan fingerprint density at radius 3 is 2.69 bits per heavy atom. The molecular weight excluding hydrogens is 352 g/mol. The molecule has 1 aliphatic rings. The fraction of sp³-hybridized carbons (Fsp3) is 0.421. The summed E-state index contributed by atoms with van der Waals surface area (Å²) < 4.78 is 29.1. The van der Waals surface area contributed by atoms with E-state index in [1.165, 1.54) is 5.56 Å². The van der Waals surface area contributed by atoms with Gasteiger partial charge in [0.2, 0.25) is 5.91 Å². The van der Waals surface area contributed by atoms with Crippen LogP contribution in [0.4, 0.5) is 5.69 Å². The topological polar surface area (TPSA) is 79.6 Å². The van der Waals surface area contributed by atoms with Crippen LogP contribution in [0.1, 0.15) is 23.3 Å². The lowest BCUT2D eigenvalue weighted by atomic mass is 10.1. The zero-order valence-corrected chi connectivity index (χ0v) is 15.9. The molecule has 7 heteroatoms. The lowest BCUT2D eigenvalue weighted by Gasteiger charge is -2.26. The van der Waals surface area contributed by atoms with Gasteiger partial charge in [-0.15, -0.1) is 0 Å². The highest BCUT2D eigenvalue weighted by atomic mass is 32.2. The molecule has 26 heavy (non-hydrogen) atoms. The highest BCUT2D eigenvalue weighted by Gasteiger charge is 2.33. The van der Waals surface area contributed by atoms with Gasteiger partial charge in [-0.05, 0) is 55.7 Å². The van der Waals surface area contributed by atoms with E-state index in [1.54, 1.807) is 12.3 Å². The van der Waals surface area contributed by atoms with Crippen LogP contribution in [0, 0.1) is 13.8 Å². The Bertz CT molecular complexity index is 875. The number of sulfone groups is 1. The summed E-state index contributed by atoms with van der Waals surface area (Å²) in [5.74, 6) is 0.813. The fourth-order valence-corrected chi connectivity index (χ4v) is 4.95. The second-order valence-corrected chi connectivity index (χ2v) is 9.12. The molecule has 1 aliphatic heterocycles. The van der Waals surface area contributed by atoms with Crippen molar-refractivity contribution in [2.24, 2.45) is 0 Å². The lowest BCUT2D eigenvalue weighted by molar-refractivity contribution is -0.118. The third-order valence-corrected chi connectivity index (χ3v) is 6.55. The average molecular weight is 376 g/mol. The van der Waals surface area contributed by atoms with Crippen LogP contribution in [0.5, 0.6) is 0 Å². The predicted molar refractivity (Wildman–Crippen MR) is 101 cm³/mol. The monoisotopic (exact) mass is 376 g/mol. The lowest BCUT2D eigenvalue weighted by Crippen LogP contribution is -2.41. The maximum Gasteiger partial charge on any atom is 0.238 e. The van der Waals surface area contributed by atoms with E-state index in [1.807, 2.05) is 43.0 Å². The molecule has 0 bridgehead atoms. The normalized spacial score (nSPS) is 19.0. The summed E-state index contributed by atoms with van der Waals surface area (Å²) >= 11 is 0. The molecular formula is C19H24N2O4S. The SMILES string of the molecule is Cc1ccc(NC(=O)CN(Cc2ccco2)[C@@H]2CCS(=O)(=O)C2)cc1C. The number of benzene rings is 1. The predicted octanol–water partition coefficient (Wildman–Crippen LogP) is 2.52. The standard InChI is InChI=1S/C19H24N2O4S/c1-14-5-6-16(10-15(14)2)20-19(22)12-21(11-18-4-3-8-25-18)17-7-9-26(23,24)13-17/h3-6,8,10,17H,7,9,11-13H2,1-2H3,(H,20,22)/t17-/m1/s1. The molecule has 1 aromatic heterocycles. The third-order valence-electron chi connectivity index (χ3n) is 4.80. The van der Waals surface area contributed by atoms with Crippen LogP contribution < -0.4 is 5.32 Å². The minimum absolute atomic E-state index is 0.0879. The molecule has 2 heterocycles. The summed E-state index contributed by atoms with van der Waals surface area (Å²) in [4.78, 5) is 14.4. The summed E-state index contributed by atoms with van der Waals surface area (Å²) in [7, 11) is -3.03. The molecule has 1 N–H and O–H groups in total. The number of aryl methyl sites for hydroxylation is 2. The number of amides is 1. The first kappa shape index (κ1) is 18.7. The van der Waals surface area contributed by atoms with E-state index in [9.17, 15) is 13.2 Å². The molecule has 1 fully saturated rings. The fourth-order valence-electron chi connectivity index (χ4n) is 3.18. The van der Waals surface area contributed by atoms with Crippen molar-refractivity contribution in [3.8, 4) is 0 Å².